The maximum Gasteiger partial charge on any atom is 0.219 e. The quantitative estimate of drug-likeness (QED) is 0.647. The van der Waals surface area contributed by atoms with E-state index >= 15 is 0 Å². The monoisotopic (exact) mass is 174 g/mol. The number of carbonyl (C=O) groups is 1. The van der Waals surface area contributed by atoms with Crippen molar-refractivity contribution in [3.63, 3.8) is 0 Å². The van der Waals surface area contributed by atoms with Gasteiger partial charge in [-0.05, 0) is 6.54 Å². The summed E-state index contributed by atoms with van der Waals surface area (Å²) in [6.07, 6.45) is 0. The molecule has 0 aliphatic carbocycles. The van der Waals surface area contributed by atoms with E-state index in [1.54, 1.807) is 18.9 Å². The van der Waals surface area contributed by atoms with E-state index < -0.39 is 0 Å². The first-order valence-electron chi connectivity index (χ1n) is 4.61. The molecule has 0 atom stereocenters. The molecule has 3 heteroatoms. The summed E-state index contributed by atoms with van der Waals surface area (Å²) in [6.45, 7) is 10.3. The molecule has 0 aromatic rings. The van der Waals surface area contributed by atoms with Gasteiger partial charge in [-0.2, -0.15) is 0 Å². The van der Waals surface area contributed by atoms with Crippen LogP contribution in [-0.4, -0.2) is 37.5 Å². The zero-order valence-corrected chi connectivity index (χ0v) is 8.98. The first-order chi connectivity index (χ1) is 5.68. The fraction of sp³-hybridized carbons (Fsp3) is 0.889. The summed E-state index contributed by atoms with van der Waals surface area (Å²) in [5.41, 5.74) is 0. The normalized spacial score (nSPS) is 8.42. The number of hydrogen-bond donors (Lipinski definition) is 1. The van der Waals surface area contributed by atoms with Gasteiger partial charge < -0.3 is 10.2 Å². The fourth-order valence-corrected chi connectivity index (χ4v) is 0.581. The van der Waals surface area contributed by atoms with Gasteiger partial charge in [-0.1, -0.05) is 20.8 Å². The van der Waals surface area contributed by atoms with Crippen LogP contribution in [-0.2, 0) is 4.79 Å². The zero-order chi connectivity index (χ0) is 9.98. The van der Waals surface area contributed by atoms with E-state index in [4.69, 9.17) is 0 Å². The molecule has 0 spiro atoms. The molecule has 1 N–H and O–H groups in total. The molecule has 3 nitrogen and oxygen atoms in total. The zero-order valence-electron chi connectivity index (χ0n) is 8.98. The van der Waals surface area contributed by atoms with Crippen LogP contribution in [0.2, 0.25) is 0 Å². The van der Waals surface area contributed by atoms with Gasteiger partial charge in [-0.25, -0.2) is 0 Å². The number of rotatable bonds is 4. The third-order valence-electron chi connectivity index (χ3n) is 1.41. The fourth-order valence-electron chi connectivity index (χ4n) is 0.581. The number of amides is 1. The molecular formula is C9H22N2O. The van der Waals surface area contributed by atoms with Crippen molar-refractivity contribution in [1.29, 1.82) is 0 Å². The number of carbonyl (C=O) groups excluding carboxylic acids is 1. The van der Waals surface area contributed by atoms with Crippen LogP contribution in [0, 0.1) is 0 Å². The van der Waals surface area contributed by atoms with Crippen molar-refractivity contribution in [1.82, 2.24) is 10.2 Å². The average molecular weight is 174 g/mol. The lowest BCUT2D eigenvalue weighted by Gasteiger charge is -2.13. The molecule has 0 aromatic carbocycles. The van der Waals surface area contributed by atoms with Gasteiger partial charge in [0, 0.05) is 27.1 Å². The lowest BCUT2D eigenvalue weighted by Crippen LogP contribution is -2.32. The van der Waals surface area contributed by atoms with Crippen LogP contribution in [0.4, 0.5) is 0 Å². The Balaban J connectivity index is 0. The van der Waals surface area contributed by atoms with Crippen molar-refractivity contribution in [3.05, 3.63) is 0 Å². The van der Waals surface area contributed by atoms with E-state index in [1.807, 2.05) is 20.8 Å². The van der Waals surface area contributed by atoms with E-state index in [0.717, 1.165) is 19.6 Å². The van der Waals surface area contributed by atoms with Gasteiger partial charge in [-0.15, -0.1) is 0 Å². The Bertz CT molecular complexity index is 105. The van der Waals surface area contributed by atoms with Crippen LogP contribution < -0.4 is 5.32 Å². The number of hydrogen-bond acceptors (Lipinski definition) is 2. The van der Waals surface area contributed by atoms with E-state index in [2.05, 4.69) is 5.32 Å². The van der Waals surface area contributed by atoms with Crippen LogP contribution in [0.5, 0.6) is 0 Å². The number of nitrogens with one attached hydrogen (secondary N) is 1. The van der Waals surface area contributed by atoms with Crippen LogP contribution in [0.3, 0.4) is 0 Å². The summed E-state index contributed by atoms with van der Waals surface area (Å²) < 4.78 is 0. The van der Waals surface area contributed by atoms with Gasteiger partial charge in [0.25, 0.3) is 0 Å². The molecule has 0 heterocycles. The summed E-state index contributed by atoms with van der Waals surface area (Å²) in [5.74, 6) is 0.123. The third kappa shape index (κ3) is 9.43. The second kappa shape index (κ2) is 10.4. The van der Waals surface area contributed by atoms with Crippen LogP contribution >= 0.6 is 0 Å². The second-order valence-electron chi connectivity index (χ2n) is 2.29. The SMILES string of the molecule is CC.CCNCCN(C)C(C)=O. The highest BCUT2D eigenvalue weighted by molar-refractivity contribution is 5.72. The van der Waals surface area contributed by atoms with E-state index in [-0.39, 0.29) is 5.91 Å². The molecule has 0 rings (SSSR count). The molecule has 0 bridgehead atoms. The first kappa shape index (κ1) is 14.0. The first-order valence-corrected chi connectivity index (χ1v) is 4.61. The van der Waals surface area contributed by atoms with Gasteiger partial charge in [0.2, 0.25) is 5.91 Å². The minimum absolute atomic E-state index is 0.123. The maximum atomic E-state index is 10.6. The Kier molecular flexibility index (Phi) is 12.2. The van der Waals surface area contributed by atoms with E-state index in [0.29, 0.717) is 0 Å². The van der Waals surface area contributed by atoms with Crippen molar-refractivity contribution < 1.29 is 4.79 Å². The highest BCUT2D eigenvalue weighted by Gasteiger charge is 1.98. The number of nitrogens with zero attached hydrogens (tertiary/aromatic N) is 1. The molecule has 0 unspecified atom stereocenters. The molecular weight excluding hydrogens is 152 g/mol. The average Bonchev–Trinajstić information content (AvgIpc) is 2.08. The van der Waals surface area contributed by atoms with Gasteiger partial charge >= 0.3 is 0 Å². The molecule has 0 radical (unpaired) electrons. The molecule has 0 aliphatic heterocycles. The summed E-state index contributed by atoms with van der Waals surface area (Å²) in [4.78, 5) is 12.3. The van der Waals surface area contributed by atoms with Crippen molar-refractivity contribution in [2.24, 2.45) is 0 Å². The molecule has 0 fully saturated rings. The Morgan fingerprint density at radius 3 is 2.25 bits per heavy atom. The van der Waals surface area contributed by atoms with Crippen molar-refractivity contribution in [2.75, 3.05) is 26.7 Å². The topological polar surface area (TPSA) is 32.3 Å². The van der Waals surface area contributed by atoms with Gasteiger partial charge in [-0.3, -0.25) is 4.79 Å². The standard InChI is InChI=1S/C7H16N2O.C2H6/c1-4-8-5-6-9(3)7(2)10;1-2/h8H,4-6H2,1-3H3;1-2H3. The summed E-state index contributed by atoms with van der Waals surface area (Å²) in [6, 6.07) is 0. The van der Waals surface area contributed by atoms with E-state index in [9.17, 15) is 4.79 Å². The largest absolute Gasteiger partial charge is 0.345 e. The highest BCUT2D eigenvalue weighted by Crippen LogP contribution is 1.79. The Morgan fingerprint density at radius 1 is 1.42 bits per heavy atom. The second-order valence-corrected chi connectivity index (χ2v) is 2.29. The minimum atomic E-state index is 0.123. The molecule has 74 valence electrons. The lowest BCUT2D eigenvalue weighted by molar-refractivity contribution is -0.127. The lowest BCUT2D eigenvalue weighted by atomic mass is 10.5. The van der Waals surface area contributed by atoms with Crippen molar-refractivity contribution in [3.8, 4) is 0 Å². The van der Waals surface area contributed by atoms with E-state index in [1.165, 1.54) is 0 Å². The summed E-state index contributed by atoms with van der Waals surface area (Å²) >= 11 is 0. The molecule has 0 saturated heterocycles. The third-order valence-corrected chi connectivity index (χ3v) is 1.41. The smallest absolute Gasteiger partial charge is 0.219 e. The number of likely N-dealkylation sites (N-methyl/N-ethyl adjacent to an activating group) is 2. The van der Waals surface area contributed by atoms with Crippen molar-refractivity contribution in [2.45, 2.75) is 27.7 Å². The molecule has 0 aliphatic rings. The molecule has 1 amide bonds. The van der Waals surface area contributed by atoms with Crippen LogP contribution in [0.25, 0.3) is 0 Å². The maximum absolute atomic E-state index is 10.6. The minimum Gasteiger partial charge on any atom is -0.345 e. The van der Waals surface area contributed by atoms with Crippen molar-refractivity contribution >= 4 is 5.91 Å². The van der Waals surface area contributed by atoms with Gasteiger partial charge in [0.1, 0.15) is 0 Å². The highest BCUT2D eigenvalue weighted by atomic mass is 16.2. The van der Waals surface area contributed by atoms with Gasteiger partial charge in [0.15, 0.2) is 0 Å². The van der Waals surface area contributed by atoms with Crippen LogP contribution in [0.15, 0.2) is 0 Å². The predicted octanol–water partition coefficient (Wildman–Crippen LogP) is 1.10. The Morgan fingerprint density at radius 2 is 1.92 bits per heavy atom. The summed E-state index contributed by atoms with van der Waals surface area (Å²) in [5, 5.41) is 3.14. The Hall–Kier alpha value is -0.570. The Labute approximate surface area is 76.1 Å². The molecule has 0 saturated carbocycles. The predicted molar refractivity (Wildman–Crippen MR) is 53.2 cm³/mol. The molecule has 12 heavy (non-hydrogen) atoms. The summed E-state index contributed by atoms with van der Waals surface area (Å²) in [7, 11) is 1.81. The van der Waals surface area contributed by atoms with Crippen LogP contribution in [0.1, 0.15) is 27.7 Å². The van der Waals surface area contributed by atoms with Gasteiger partial charge in [0.05, 0.1) is 0 Å². The molecule has 0 aromatic heterocycles.